The predicted octanol–water partition coefficient (Wildman–Crippen LogP) is 1.73. The third kappa shape index (κ3) is 3.87. The van der Waals surface area contributed by atoms with E-state index in [1.807, 2.05) is 32.0 Å². The van der Waals surface area contributed by atoms with Crippen LogP contribution in [0.2, 0.25) is 0 Å². The molecule has 1 fully saturated rings. The maximum Gasteiger partial charge on any atom is 0.289 e. The average molecular weight is 359 g/mol. The van der Waals surface area contributed by atoms with Crippen LogP contribution in [0.1, 0.15) is 16.8 Å². The molecule has 0 aliphatic carbocycles. The Morgan fingerprint density at radius 2 is 2.08 bits per heavy atom. The van der Waals surface area contributed by atoms with E-state index >= 15 is 0 Å². The minimum atomic E-state index is -0.294. The number of imide groups is 1. The number of benzene rings is 1. The highest BCUT2D eigenvalue weighted by Gasteiger charge is 2.30. The first kappa shape index (κ1) is 17.2. The number of aryl methyl sites for hydroxylation is 2. The smallest absolute Gasteiger partial charge is 0.289 e. The molecule has 9 heteroatoms. The Hall–Kier alpha value is -2.68. The summed E-state index contributed by atoms with van der Waals surface area (Å²) in [6, 6.07) is 5.67. The predicted molar refractivity (Wildman–Crippen MR) is 93.0 cm³/mol. The number of thioether (sulfide) groups is 1. The van der Waals surface area contributed by atoms with Gasteiger partial charge in [-0.3, -0.25) is 19.3 Å². The third-order valence-corrected chi connectivity index (χ3v) is 4.80. The molecule has 0 radical (unpaired) electrons. The van der Waals surface area contributed by atoms with Crippen LogP contribution in [0.3, 0.4) is 0 Å². The molecule has 1 N–H and O–H groups in total. The molecule has 0 saturated carbocycles. The van der Waals surface area contributed by atoms with E-state index in [4.69, 9.17) is 0 Å². The van der Waals surface area contributed by atoms with E-state index in [2.05, 4.69) is 15.6 Å². The molecule has 1 saturated heterocycles. The van der Waals surface area contributed by atoms with Crippen molar-refractivity contribution in [3.8, 4) is 0 Å². The van der Waals surface area contributed by atoms with Crippen molar-refractivity contribution in [2.24, 2.45) is 0 Å². The Balaban J connectivity index is 1.66. The molecule has 2 aromatic rings. The molecule has 3 amide bonds. The van der Waals surface area contributed by atoms with E-state index in [9.17, 15) is 14.4 Å². The van der Waals surface area contributed by atoms with E-state index < -0.39 is 0 Å². The number of hydrogen-bond donors (Lipinski definition) is 1. The maximum absolute atomic E-state index is 12.2. The fraction of sp³-hybridized carbons (Fsp3) is 0.312. The number of carbonyl (C=O) groups is 3. The Labute approximate surface area is 148 Å². The molecule has 1 aliphatic heterocycles. The van der Waals surface area contributed by atoms with Crippen molar-refractivity contribution >= 4 is 34.5 Å². The van der Waals surface area contributed by atoms with E-state index in [-0.39, 0.29) is 35.9 Å². The normalized spacial score (nSPS) is 14.2. The van der Waals surface area contributed by atoms with Gasteiger partial charge in [0.25, 0.3) is 5.24 Å². The lowest BCUT2D eigenvalue weighted by atomic mass is 10.1. The standard InChI is InChI=1S/C16H17N5O3S/c1-10-3-4-12(5-11(10)2)18-14(22)8-21-13(6-17-19-21)7-20-15(23)9-25-16(20)24/h3-6H,7-9H2,1-2H3,(H,18,22). The number of amides is 3. The van der Waals surface area contributed by atoms with Crippen LogP contribution in [0, 0.1) is 13.8 Å². The van der Waals surface area contributed by atoms with Gasteiger partial charge >= 0.3 is 0 Å². The first-order valence-electron chi connectivity index (χ1n) is 7.65. The highest BCUT2D eigenvalue weighted by Crippen LogP contribution is 2.21. The third-order valence-electron chi connectivity index (χ3n) is 3.94. The van der Waals surface area contributed by atoms with Gasteiger partial charge in [0.05, 0.1) is 24.2 Å². The summed E-state index contributed by atoms with van der Waals surface area (Å²) in [7, 11) is 0. The van der Waals surface area contributed by atoms with Gasteiger partial charge in [0.15, 0.2) is 0 Å². The molecule has 2 heterocycles. The Bertz CT molecular complexity index is 832. The first-order chi connectivity index (χ1) is 11.9. The molecule has 3 rings (SSSR count). The van der Waals surface area contributed by atoms with Crippen LogP contribution in [-0.4, -0.2) is 42.7 Å². The molecule has 0 atom stereocenters. The number of anilines is 1. The Morgan fingerprint density at radius 3 is 2.76 bits per heavy atom. The summed E-state index contributed by atoms with van der Waals surface area (Å²) in [5.74, 6) is -0.362. The van der Waals surface area contributed by atoms with E-state index in [0.29, 0.717) is 11.4 Å². The lowest BCUT2D eigenvalue weighted by Gasteiger charge is -2.13. The summed E-state index contributed by atoms with van der Waals surface area (Å²) < 4.78 is 1.39. The first-order valence-corrected chi connectivity index (χ1v) is 8.64. The van der Waals surface area contributed by atoms with Gasteiger partial charge in [0, 0.05) is 5.69 Å². The molecular weight excluding hydrogens is 342 g/mol. The van der Waals surface area contributed by atoms with Crippen molar-refractivity contribution in [2.45, 2.75) is 26.9 Å². The zero-order valence-electron chi connectivity index (χ0n) is 13.9. The highest BCUT2D eigenvalue weighted by atomic mass is 32.2. The Kier molecular flexibility index (Phi) is 4.84. The molecule has 1 aromatic heterocycles. The van der Waals surface area contributed by atoms with Gasteiger partial charge in [-0.25, -0.2) is 4.68 Å². The van der Waals surface area contributed by atoms with E-state index in [1.165, 1.54) is 10.9 Å². The van der Waals surface area contributed by atoms with Crippen LogP contribution in [0.15, 0.2) is 24.4 Å². The number of carbonyl (C=O) groups excluding carboxylic acids is 3. The van der Waals surface area contributed by atoms with Gasteiger partial charge in [-0.2, -0.15) is 0 Å². The van der Waals surface area contributed by atoms with Crippen LogP contribution >= 0.6 is 11.8 Å². The lowest BCUT2D eigenvalue weighted by molar-refractivity contribution is -0.125. The van der Waals surface area contributed by atoms with Crippen molar-refractivity contribution in [1.29, 1.82) is 0 Å². The molecule has 130 valence electrons. The second kappa shape index (κ2) is 7.06. The monoisotopic (exact) mass is 359 g/mol. The van der Waals surface area contributed by atoms with Crippen LogP contribution < -0.4 is 5.32 Å². The van der Waals surface area contributed by atoms with Crippen LogP contribution in [0.4, 0.5) is 10.5 Å². The van der Waals surface area contributed by atoms with Gasteiger partial charge in [-0.1, -0.05) is 23.0 Å². The summed E-state index contributed by atoms with van der Waals surface area (Å²) in [5.41, 5.74) is 3.47. The number of hydrogen-bond acceptors (Lipinski definition) is 6. The summed E-state index contributed by atoms with van der Waals surface area (Å²) >= 11 is 0.967. The number of aromatic nitrogens is 3. The summed E-state index contributed by atoms with van der Waals surface area (Å²) in [6.45, 7) is 3.99. The minimum absolute atomic E-state index is 0.0500. The zero-order chi connectivity index (χ0) is 18.0. The molecule has 0 unspecified atom stereocenters. The second-order valence-electron chi connectivity index (χ2n) is 5.76. The number of nitrogens with one attached hydrogen (secondary N) is 1. The Morgan fingerprint density at radius 1 is 1.28 bits per heavy atom. The van der Waals surface area contributed by atoms with Gasteiger partial charge in [-0.15, -0.1) is 5.10 Å². The minimum Gasteiger partial charge on any atom is -0.324 e. The van der Waals surface area contributed by atoms with E-state index in [0.717, 1.165) is 27.8 Å². The topological polar surface area (TPSA) is 97.2 Å². The van der Waals surface area contributed by atoms with Crippen molar-refractivity contribution in [3.63, 3.8) is 0 Å². The number of rotatable bonds is 5. The molecule has 25 heavy (non-hydrogen) atoms. The quantitative estimate of drug-likeness (QED) is 0.873. The fourth-order valence-corrected chi connectivity index (χ4v) is 3.11. The molecule has 1 aliphatic rings. The van der Waals surface area contributed by atoms with Gasteiger partial charge in [0.2, 0.25) is 11.8 Å². The molecule has 1 aromatic carbocycles. The average Bonchev–Trinajstić information content (AvgIpc) is 3.12. The largest absolute Gasteiger partial charge is 0.324 e. The van der Waals surface area contributed by atoms with Gasteiger partial charge < -0.3 is 5.32 Å². The molecular formula is C16H17N5O3S. The van der Waals surface area contributed by atoms with Crippen molar-refractivity contribution in [2.75, 3.05) is 11.1 Å². The van der Waals surface area contributed by atoms with Crippen molar-refractivity contribution < 1.29 is 14.4 Å². The van der Waals surface area contributed by atoms with Gasteiger partial charge in [0.1, 0.15) is 6.54 Å². The van der Waals surface area contributed by atoms with Gasteiger partial charge in [-0.05, 0) is 37.1 Å². The summed E-state index contributed by atoms with van der Waals surface area (Å²) in [5, 5.41) is 10.2. The SMILES string of the molecule is Cc1ccc(NC(=O)Cn2nncc2CN2C(=O)CSC2=O)cc1C. The second-order valence-corrected chi connectivity index (χ2v) is 6.69. The maximum atomic E-state index is 12.2. The van der Waals surface area contributed by atoms with Crippen LogP contribution in [-0.2, 0) is 22.7 Å². The summed E-state index contributed by atoms with van der Waals surface area (Å²) in [4.78, 5) is 36.8. The van der Waals surface area contributed by atoms with Crippen molar-refractivity contribution in [1.82, 2.24) is 19.9 Å². The van der Waals surface area contributed by atoms with Crippen molar-refractivity contribution in [3.05, 3.63) is 41.2 Å². The van der Waals surface area contributed by atoms with E-state index in [1.54, 1.807) is 0 Å². The number of nitrogens with zero attached hydrogens (tertiary/aromatic N) is 4. The van der Waals surface area contributed by atoms with Crippen LogP contribution in [0.25, 0.3) is 0 Å². The highest BCUT2D eigenvalue weighted by molar-refractivity contribution is 8.14. The molecule has 0 spiro atoms. The zero-order valence-corrected chi connectivity index (χ0v) is 14.7. The fourth-order valence-electron chi connectivity index (χ4n) is 2.39. The lowest BCUT2D eigenvalue weighted by Crippen LogP contribution is -2.30. The molecule has 8 nitrogen and oxygen atoms in total. The van der Waals surface area contributed by atoms with Crippen LogP contribution in [0.5, 0.6) is 0 Å². The molecule has 0 bridgehead atoms. The summed E-state index contributed by atoms with van der Waals surface area (Å²) in [6.07, 6.45) is 1.45.